The smallest absolute Gasteiger partial charge is 0.220 e. The van der Waals surface area contributed by atoms with Crippen LogP contribution in [0, 0.1) is 0 Å². The van der Waals surface area contributed by atoms with Crippen molar-refractivity contribution in [1.29, 1.82) is 0 Å². The lowest BCUT2D eigenvalue weighted by Gasteiger charge is -2.46. The number of nitrogens with one attached hydrogen (secondary N) is 1. The van der Waals surface area contributed by atoms with Crippen LogP contribution in [-0.2, 0) is 23.7 Å². The number of aliphatic hydroxyl groups excluding tert-OH is 8. The van der Waals surface area contributed by atoms with E-state index in [0.717, 1.165) is 64.2 Å². The van der Waals surface area contributed by atoms with Crippen molar-refractivity contribution in [1.82, 2.24) is 5.32 Å². The Kier molecular flexibility index (Phi) is 66.3. The SMILES string of the molecule is CC/C=C\C/C=C\C/C=C\C/C=C\CCCCCCCCCCCCCCCCCCCCCCCCCCCCC(=O)NC(COC1OC(CO)C(OC2OC(CO)C(O)C(O)C2O)C(O)C1O)C(O)/C=C/CCCCCCCCCCCCCCCCCCCCCCCCCCCC. The van der Waals surface area contributed by atoms with Crippen molar-refractivity contribution in [3.05, 3.63) is 60.8 Å². The molecule has 14 heteroatoms. The molecule has 0 aliphatic carbocycles. The normalized spacial score (nSPS) is 22.0. The molecule has 12 unspecified atom stereocenters. The van der Waals surface area contributed by atoms with E-state index in [1.165, 1.54) is 302 Å². The molecule has 2 fully saturated rings. The van der Waals surface area contributed by atoms with Gasteiger partial charge in [-0.15, -0.1) is 0 Å². The van der Waals surface area contributed by atoms with E-state index in [1.807, 2.05) is 6.08 Å². The van der Waals surface area contributed by atoms with Crippen molar-refractivity contribution in [2.75, 3.05) is 19.8 Å². The second-order valence-corrected chi connectivity index (χ2v) is 30.3. The van der Waals surface area contributed by atoms with Gasteiger partial charge in [-0.05, 0) is 57.8 Å². The lowest BCUT2D eigenvalue weighted by molar-refractivity contribution is -0.359. The zero-order chi connectivity index (χ0) is 73.0. The van der Waals surface area contributed by atoms with Crippen LogP contribution in [0.1, 0.15) is 393 Å². The van der Waals surface area contributed by atoms with Gasteiger partial charge < -0.3 is 65.1 Å². The highest BCUT2D eigenvalue weighted by Gasteiger charge is 2.51. The van der Waals surface area contributed by atoms with Crippen LogP contribution in [0.25, 0.3) is 0 Å². The molecule has 0 aromatic heterocycles. The molecule has 0 aromatic rings. The molecule has 14 nitrogen and oxygen atoms in total. The van der Waals surface area contributed by atoms with E-state index in [0.29, 0.717) is 6.42 Å². The van der Waals surface area contributed by atoms with E-state index >= 15 is 0 Å². The first-order valence-electron chi connectivity index (χ1n) is 43.0. The molecule has 12 atom stereocenters. The Morgan fingerprint density at radius 2 is 0.683 bits per heavy atom. The second-order valence-electron chi connectivity index (χ2n) is 30.3. The number of ether oxygens (including phenoxy) is 4. The van der Waals surface area contributed by atoms with Gasteiger partial charge in [0.15, 0.2) is 12.6 Å². The Hall–Kier alpha value is -2.31. The first kappa shape index (κ1) is 94.8. The number of aliphatic hydroxyl groups is 8. The summed E-state index contributed by atoms with van der Waals surface area (Å²) in [6, 6.07) is -0.916. The fraction of sp³-hybridized carbons (Fsp3) is 0.874. The number of carbonyl (C=O) groups excluding carboxylic acids is 1. The van der Waals surface area contributed by atoms with Gasteiger partial charge in [0.2, 0.25) is 5.91 Å². The molecular formula is C87H161NO13. The van der Waals surface area contributed by atoms with Gasteiger partial charge in [-0.2, -0.15) is 0 Å². The van der Waals surface area contributed by atoms with Gasteiger partial charge in [0.25, 0.3) is 0 Å². The number of rotatable bonds is 73. The van der Waals surface area contributed by atoms with E-state index < -0.39 is 86.8 Å². The van der Waals surface area contributed by atoms with Crippen molar-refractivity contribution >= 4 is 5.91 Å². The van der Waals surface area contributed by atoms with E-state index in [9.17, 15) is 45.6 Å². The molecule has 592 valence electrons. The number of hydrogen-bond donors (Lipinski definition) is 9. The summed E-state index contributed by atoms with van der Waals surface area (Å²) in [5.74, 6) is -0.231. The highest BCUT2D eigenvalue weighted by molar-refractivity contribution is 5.76. The number of carbonyl (C=O) groups is 1. The lowest BCUT2D eigenvalue weighted by atomic mass is 9.97. The Balaban J connectivity index is 1.57. The minimum Gasteiger partial charge on any atom is -0.394 e. The number of amides is 1. The fourth-order valence-corrected chi connectivity index (χ4v) is 14.2. The fourth-order valence-electron chi connectivity index (χ4n) is 14.2. The standard InChI is InChI=1S/C87H161NO13/c1-3-5-7-9-11-13-15-17-19-21-23-25-27-29-31-33-34-35-36-37-38-39-40-41-42-43-45-47-49-51-53-55-57-59-61-63-65-67-69-71-79(92)88-75(74-98-86-84(97)82(95)85(78(73-90)100-86)101-87-83(96)81(94)80(93)77(72-89)99-87)76(91)70-68-66-64-62-60-58-56-54-52-50-48-46-44-32-30-28-26-24-22-20-18-16-14-12-10-8-6-4-2/h5,7,11,13,17,19,23,25,68,70,75-78,80-87,89-91,93-97H,3-4,6,8-10,12,14-16,18,20-22,24,26-67,69,71-74H2,1-2H3,(H,88,92)/b7-5-,13-11-,19-17-,25-23-,70-68+. The quantitative estimate of drug-likeness (QED) is 0.0204. The molecule has 2 aliphatic rings. The summed E-state index contributed by atoms with van der Waals surface area (Å²) in [5.41, 5.74) is 0. The third kappa shape index (κ3) is 53.2. The van der Waals surface area contributed by atoms with Crippen LogP contribution in [0.5, 0.6) is 0 Å². The van der Waals surface area contributed by atoms with E-state index in [1.54, 1.807) is 6.08 Å². The zero-order valence-corrected chi connectivity index (χ0v) is 65.2. The van der Waals surface area contributed by atoms with Crippen LogP contribution in [0.3, 0.4) is 0 Å². The minimum absolute atomic E-state index is 0.231. The Bertz CT molecular complexity index is 1930. The molecule has 2 saturated heterocycles. The highest BCUT2D eigenvalue weighted by Crippen LogP contribution is 2.30. The third-order valence-corrected chi connectivity index (χ3v) is 21.0. The lowest BCUT2D eigenvalue weighted by Crippen LogP contribution is -2.65. The Labute approximate surface area is 619 Å². The molecule has 0 aromatic carbocycles. The van der Waals surface area contributed by atoms with Gasteiger partial charge in [-0.1, -0.05) is 389 Å². The van der Waals surface area contributed by atoms with Crippen LogP contribution in [0.4, 0.5) is 0 Å². The summed E-state index contributed by atoms with van der Waals surface area (Å²) in [5, 5.41) is 87.8. The zero-order valence-electron chi connectivity index (χ0n) is 65.2. The first-order valence-corrected chi connectivity index (χ1v) is 43.0. The molecular weight excluding hydrogens is 1270 g/mol. The number of allylic oxidation sites excluding steroid dienone is 9. The maximum absolute atomic E-state index is 13.4. The predicted molar refractivity (Wildman–Crippen MR) is 420 cm³/mol. The monoisotopic (exact) mass is 1430 g/mol. The summed E-state index contributed by atoms with van der Waals surface area (Å²) in [6.45, 7) is 2.75. The van der Waals surface area contributed by atoms with Crippen LogP contribution in [0.15, 0.2) is 60.8 Å². The molecule has 1 amide bonds. The average Bonchev–Trinajstić information content (AvgIpc) is 0.790. The first-order chi connectivity index (χ1) is 49.6. The topological polar surface area (TPSA) is 228 Å². The van der Waals surface area contributed by atoms with Crippen LogP contribution >= 0.6 is 0 Å². The Morgan fingerprint density at radius 3 is 1.05 bits per heavy atom. The van der Waals surface area contributed by atoms with Gasteiger partial charge in [-0.25, -0.2) is 0 Å². The van der Waals surface area contributed by atoms with Crippen molar-refractivity contribution in [2.24, 2.45) is 0 Å². The third-order valence-electron chi connectivity index (χ3n) is 21.0. The van der Waals surface area contributed by atoms with Crippen molar-refractivity contribution in [2.45, 2.75) is 466 Å². The summed E-state index contributed by atoms with van der Waals surface area (Å²) in [6.07, 6.45) is 80.4. The Morgan fingerprint density at radius 1 is 0.366 bits per heavy atom. The van der Waals surface area contributed by atoms with Crippen LogP contribution < -0.4 is 5.32 Å². The number of hydrogen-bond acceptors (Lipinski definition) is 13. The molecule has 0 spiro atoms. The summed E-state index contributed by atoms with van der Waals surface area (Å²) < 4.78 is 23.0. The molecule has 101 heavy (non-hydrogen) atoms. The molecule has 0 radical (unpaired) electrons. The van der Waals surface area contributed by atoms with Crippen LogP contribution in [-0.4, -0.2) is 140 Å². The molecule has 2 rings (SSSR count). The molecule has 2 heterocycles. The number of unbranched alkanes of at least 4 members (excludes halogenated alkanes) is 52. The van der Waals surface area contributed by atoms with Gasteiger partial charge in [0.1, 0.15) is 48.8 Å². The van der Waals surface area contributed by atoms with E-state index in [2.05, 4.69) is 67.8 Å². The second kappa shape index (κ2) is 70.7. The van der Waals surface area contributed by atoms with Gasteiger partial charge in [0, 0.05) is 6.42 Å². The molecule has 0 saturated carbocycles. The van der Waals surface area contributed by atoms with Crippen LogP contribution in [0.2, 0.25) is 0 Å². The predicted octanol–water partition coefficient (Wildman–Crippen LogP) is 20.3. The average molecular weight is 1430 g/mol. The maximum Gasteiger partial charge on any atom is 0.220 e. The largest absolute Gasteiger partial charge is 0.394 e. The van der Waals surface area contributed by atoms with Gasteiger partial charge in [0.05, 0.1) is 32.0 Å². The van der Waals surface area contributed by atoms with Crippen molar-refractivity contribution in [3.8, 4) is 0 Å². The van der Waals surface area contributed by atoms with Crippen molar-refractivity contribution < 1.29 is 64.6 Å². The molecule has 2 aliphatic heterocycles. The van der Waals surface area contributed by atoms with Crippen molar-refractivity contribution in [3.63, 3.8) is 0 Å². The summed E-state index contributed by atoms with van der Waals surface area (Å²) >= 11 is 0. The van der Waals surface area contributed by atoms with E-state index in [-0.39, 0.29) is 18.9 Å². The minimum atomic E-state index is -1.79. The van der Waals surface area contributed by atoms with Gasteiger partial charge in [-0.3, -0.25) is 4.79 Å². The summed E-state index contributed by atoms with van der Waals surface area (Å²) in [7, 11) is 0. The summed E-state index contributed by atoms with van der Waals surface area (Å²) in [4.78, 5) is 13.4. The van der Waals surface area contributed by atoms with E-state index in [4.69, 9.17) is 18.9 Å². The van der Waals surface area contributed by atoms with Gasteiger partial charge >= 0.3 is 0 Å². The highest BCUT2D eigenvalue weighted by atomic mass is 16.7. The maximum atomic E-state index is 13.4. The molecule has 0 bridgehead atoms. The molecule has 9 N–H and O–H groups in total.